The second-order valence-corrected chi connectivity index (χ2v) is 9.25. The van der Waals surface area contributed by atoms with Crippen molar-refractivity contribution in [3.8, 4) is 0 Å². The molecule has 0 saturated heterocycles. The molecule has 1 unspecified atom stereocenters. The summed E-state index contributed by atoms with van der Waals surface area (Å²) in [5, 5.41) is 6.73. The molecule has 5 rings (SSSR count). The van der Waals surface area contributed by atoms with Gasteiger partial charge in [-0.1, -0.05) is 65.7 Å². The molecule has 34 heavy (non-hydrogen) atoms. The third-order valence-corrected chi connectivity index (χ3v) is 6.75. The lowest BCUT2D eigenvalue weighted by molar-refractivity contribution is -0.119. The summed E-state index contributed by atoms with van der Waals surface area (Å²) in [4.78, 5) is 32.4. The van der Waals surface area contributed by atoms with Crippen LogP contribution >= 0.6 is 23.2 Å². The molecule has 0 bridgehead atoms. The highest BCUT2D eigenvalue weighted by Crippen LogP contribution is 2.32. The van der Waals surface area contributed by atoms with Crippen LogP contribution in [0.25, 0.3) is 0 Å². The van der Waals surface area contributed by atoms with Crippen LogP contribution in [0.1, 0.15) is 22.3 Å². The molecule has 3 amide bonds. The van der Waals surface area contributed by atoms with Gasteiger partial charge in [0.1, 0.15) is 0 Å². The minimum Gasteiger partial charge on any atom is -0.335 e. The van der Waals surface area contributed by atoms with Crippen molar-refractivity contribution in [1.82, 2.24) is 10.6 Å². The van der Waals surface area contributed by atoms with E-state index in [1.807, 2.05) is 30.3 Å². The molecule has 2 N–H and O–H groups in total. The zero-order valence-electron chi connectivity index (χ0n) is 18.4. The van der Waals surface area contributed by atoms with Crippen LogP contribution in [0.2, 0.25) is 10.0 Å². The Morgan fingerprint density at radius 1 is 0.941 bits per heavy atom. The van der Waals surface area contributed by atoms with Crippen molar-refractivity contribution in [1.29, 1.82) is 0 Å². The first-order chi connectivity index (χ1) is 16.4. The van der Waals surface area contributed by atoms with Gasteiger partial charge in [-0.25, -0.2) is 9.79 Å². The molecule has 0 fully saturated rings. The molecular formula is C26H22Cl2N4O2. The lowest BCUT2D eigenvalue weighted by atomic mass is 10.00. The Hall–Kier alpha value is -3.35. The fourth-order valence-electron chi connectivity index (χ4n) is 4.52. The first-order valence-corrected chi connectivity index (χ1v) is 11.7. The maximum atomic E-state index is 13.3. The standard InChI is InChI=1S/C26H22Cl2N4O2/c1-32-22-11-10-17(27)14-20(22)23(19-8-4-5-9-21(19)28)30-24(25(32)33)31-26(34)29-18-12-15-6-2-3-7-16(15)13-18/h2-11,14,18,24H,12-13H2,1H3,(H2,29,31,34). The minimum atomic E-state index is -1.13. The fraction of sp³-hybridized carbons (Fsp3) is 0.192. The summed E-state index contributed by atoms with van der Waals surface area (Å²) >= 11 is 12.8. The van der Waals surface area contributed by atoms with Crippen LogP contribution in [-0.4, -0.2) is 36.9 Å². The van der Waals surface area contributed by atoms with Crippen molar-refractivity contribution < 1.29 is 9.59 Å². The second-order valence-electron chi connectivity index (χ2n) is 8.41. The summed E-state index contributed by atoms with van der Waals surface area (Å²) in [7, 11) is 1.65. The van der Waals surface area contributed by atoms with Gasteiger partial charge in [0.05, 0.1) is 11.4 Å². The van der Waals surface area contributed by atoms with Crippen molar-refractivity contribution in [2.45, 2.75) is 25.0 Å². The summed E-state index contributed by atoms with van der Waals surface area (Å²) in [6.45, 7) is 0. The number of halogens is 2. The van der Waals surface area contributed by atoms with E-state index >= 15 is 0 Å². The normalized spacial score (nSPS) is 17.5. The first-order valence-electron chi connectivity index (χ1n) is 10.9. The number of amides is 3. The summed E-state index contributed by atoms with van der Waals surface area (Å²) in [6.07, 6.45) is 0.367. The number of benzene rings is 3. The van der Waals surface area contributed by atoms with Crippen molar-refractivity contribution in [2.24, 2.45) is 4.99 Å². The van der Waals surface area contributed by atoms with E-state index in [2.05, 4.69) is 27.8 Å². The van der Waals surface area contributed by atoms with Crippen LogP contribution in [0.5, 0.6) is 0 Å². The molecule has 3 aromatic carbocycles. The molecule has 0 spiro atoms. The van der Waals surface area contributed by atoms with E-state index in [0.717, 1.165) is 12.8 Å². The summed E-state index contributed by atoms with van der Waals surface area (Å²) < 4.78 is 0. The topological polar surface area (TPSA) is 73.8 Å². The summed E-state index contributed by atoms with van der Waals surface area (Å²) in [5.74, 6) is -0.365. The fourth-order valence-corrected chi connectivity index (χ4v) is 4.92. The van der Waals surface area contributed by atoms with E-state index in [1.165, 1.54) is 16.0 Å². The number of carbonyl (C=O) groups is 2. The number of nitrogens with zero attached hydrogens (tertiary/aromatic N) is 2. The largest absolute Gasteiger partial charge is 0.335 e. The molecule has 1 aliphatic carbocycles. The molecule has 1 atom stereocenters. The predicted octanol–water partition coefficient (Wildman–Crippen LogP) is 4.60. The molecular weight excluding hydrogens is 471 g/mol. The van der Waals surface area contributed by atoms with Gasteiger partial charge in [-0.15, -0.1) is 0 Å². The van der Waals surface area contributed by atoms with Gasteiger partial charge >= 0.3 is 6.03 Å². The lowest BCUT2D eigenvalue weighted by Crippen LogP contribution is -2.51. The van der Waals surface area contributed by atoms with Crippen LogP contribution in [-0.2, 0) is 17.6 Å². The molecule has 8 heteroatoms. The average molecular weight is 493 g/mol. The van der Waals surface area contributed by atoms with Crippen LogP contribution in [0.4, 0.5) is 10.5 Å². The van der Waals surface area contributed by atoms with Crippen LogP contribution < -0.4 is 15.5 Å². The average Bonchev–Trinajstić information content (AvgIpc) is 3.19. The predicted molar refractivity (Wildman–Crippen MR) is 135 cm³/mol. The summed E-state index contributed by atoms with van der Waals surface area (Å²) in [5.41, 5.74) is 4.87. The number of benzodiazepines with no additional fused rings is 1. The number of fused-ring (bicyclic) bond motifs is 2. The molecule has 6 nitrogen and oxygen atoms in total. The van der Waals surface area contributed by atoms with Crippen molar-refractivity contribution in [2.75, 3.05) is 11.9 Å². The summed E-state index contributed by atoms with van der Waals surface area (Å²) in [6, 6.07) is 20.1. The molecule has 1 heterocycles. The maximum absolute atomic E-state index is 13.3. The minimum absolute atomic E-state index is 0.0426. The molecule has 3 aromatic rings. The Morgan fingerprint density at radius 2 is 1.62 bits per heavy atom. The highest BCUT2D eigenvalue weighted by Gasteiger charge is 2.32. The van der Waals surface area contributed by atoms with Gasteiger partial charge in [0, 0.05) is 34.3 Å². The van der Waals surface area contributed by atoms with Gasteiger partial charge in [0.25, 0.3) is 5.91 Å². The second kappa shape index (κ2) is 9.12. The SMILES string of the molecule is CN1C(=O)C(NC(=O)NC2Cc3ccccc3C2)N=C(c2ccccc2Cl)c2cc(Cl)ccc21. The van der Waals surface area contributed by atoms with Gasteiger partial charge in [-0.3, -0.25) is 4.79 Å². The van der Waals surface area contributed by atoms with Gasteiger partial charge in [-0.2, -0.15) is 0 Å². The first kappa shape index (κ1) is 22.4. The van der Waals surface area contributed by atoms with Gasteiger partial charge in [0.2, 0.25) is 6.17 Å². The van der Waals surface area contributed by atoms with E-state index in [0.29, 0.717) is 32.6 Å². The third kappa shape index (κ3) is 4.27. The monoisotopic (exact) mass is 492 g/mol. The number of hydrogen-bond donors (Lipinski definition) is 2. The molecule has 2 aliphatic rings. The number of likely N-dealkylation sites (N-methyl/N-ethyl adjacent to an activating group) is 1. The van der Waals surface area contributed by atoms with Gasteiger partial charge in [0.15, 0.2) is 0 Å². The molecule has 1 aliphatic heterocycles. The highest BCUT2D eigenvalue weighted by atomic mass is 35.5. The Kier molecular flexibility index (Phi) is 6.02. The van der Waals surface area contributed by atoms with Crippen LogP contribution in [0, 0.1) is 0 Å². The Labute approximate surface area is 207 Å². The smallest absolute Gasteiger partial charge is 0.317 e. The maximum Gasteiger partial charge on any atom is 0.317 e. The Bertz CT molecular complexity index is 1300. The highest BCUT2D eigenvalue weighted by molar-refractivity contribution is 6.37. The molecule has 0 aromatic heterocycles. The number of hydrogen-bond acceptors (Lipinski definition) is 3. The molecule has 0 radical (unpaired) electrons. The third-order valence-electron chi connectivity index (χ3n) is 6.18. The van der Waals surface area contributed by atoms with Crippen LogP contribution in [0.3, 0.4) is 0 Å². The van der Waals surface area contributed by atoms with Gasteiger partial charge in [-0.05, 0) is 48.2 Å². The number of nitrogens with one attached hydrogen (secondary N) is 2. The number of rotatable bonds is 3. The number of urea groups is 1. The lowest BCUT2D eigenvalue weighted by Gasteiger charge is -2.22. The van der Waals surface area contributed by atoms with E-state index in [1.54, 1.807) is 31.3 Å². The quantitative estimate of drug-likeness (QED) is 0.560. The van der Waals surface area contributed by atoms with Crippen molar-refractivity contribution >= 4 is 46.5 Å². The van der Waals surface area contributed by atoms with E-state index < -0.39 is 12.2 Å². The Morgan fingerprint density at radius 3 is 2.32 bits per heavy atom. The zero-order chi connectivity index (χ0) is 23.8. The van der Waals surface area contributed by atoms with Crippen LogP contribution in [0.15, 0.2) is 71.7 Å². The van der Waals surface area contributed by atoms with Crippen molar-refractivity contribution in [3.63, 3.8) is 0 Å². The van der Waals surface area contributed by atoms with E-state index in [4.69, 9.17) is 23.2 Å². The van der Waals surface area contributed by atoms with E-state index in [9.17, 15) is 9.59 Å². The zero-order valence-corrected chi connectivity index (χ0v) is 19.9. The van der Waals surface area contributed by atoms with Gasteiger partial charge < -0.3 is 15.5 Å². The molecule has 172 valence electrons. The Balaban J connectivity index is 1.45. The number of anilines is 1. The van der Waals surface area contributed by atoms with Crippen molar-refractivity contribution in [3.05, 3.63) is 99.0 Å². The van der Waals surface area contributed by atoms with E-state index in [-0.39, 0.29) is 11.9 Å². The number of carbonyl (C=O) groups excluding carboxylic acids is 2. The molecule has 0 saturated carbocycles. The number of aliphatic imine (C=N–C) groups is 1.